The van der Waals surface area contributed by atoms with Crippen molar-refractivity contribution in [1.29, 1.82) is 5.41 Å². The maximum atomic E-state index is 7.49. The van der Waals surface area contributed by atoms with Crippen LogP contribution < -0.4 is 16.8 Å². The molecule has 0 aliphatic heterocycles. The van der Waals surface area contributed by atoms with E-state index in [2.05, 4.69) is 5.32 Å². The van der Waals surface area contributed by atoms with E-state index in [1.165, 1.54) is 0 Å². The van der Waals surface area contributed by atoms with Crippen molar-refractivity contribution in [2.75, 3.05) is 23.9 Å². The van der Waals surface area contributed by atoms with E-state index in [-0.39, 0.29) is 0 Å². The molecule has 5 nitrogen and oxygen atoms in total. The van der Waals surface area contributed by atoms with Gasteiger partial charge in [0.05, 0.1) is 17.8 Å². The van der Waals surface area contributed by atoms with Crippen LogP contribution in [0.15, 0.2) is 54.2 Å². The van der Waals surface area contributed by atoms with Crippen molar-refractivity contribution >= 4 is 40.6 Å². The first-order chi connectivity index (χ1) is 12.5. The number of hydrogen-bond acceptors (Lipinski definition) is 5. The van der Waals surface area contributed by atoms with Crippen molar-refractivity contribution in [2.45, 2.75) is 13.3 Å². The number of ether oxygens (including phenoxy) is 1. The van der Waals surface area contributed by atoms with Gasteiger partial charge in [-0.05, 0) is 30.7 Å². The average Bonchev–Trinajstić information content (AvgIpc) is 2.62. The quantitative estimate of drug-likeness (QED) is 0.241. The molecule has 0 unspecified atom stereocenters. The maximum Gasteiger partial charge on any atom is 0.128 e. The standard InChI is InChI=1S/C20H23ClN4O/c1-3-5-15(11-19(26-2)13-6-4-7-14(23)10-13)25-18-9-8-17(24)16(12-22)20(18)21/h4-12,22,25H,3,23-24H2,1-2H3/b15-5-,19-11-,22-12?. The number of allylic oxidation sites excluding steroid dienone is 2. The molecule has 2 rings (SSSR count). The lowest BCUT2D eigenvalue weighted by Crippen LogP contribution is -2.03. The van der Waals surface area contributed by atoms with Gasteiger partial charge >= 0.3 is 0 Å². The van der Waals surface area contributed by atoms with Crippen molar-refractivity contribution in [3.63, 3.8) is 0 Å². The zero-order valence-electron chi connectivity index (χ0n) is 14.8. The molecule has 2 aromatic rings. The molecule has 0 atom stereocenters. The van der Waals surface area contributed by atoms with E-state index in [0.717, 1.165) is 23.9 Å². The summed E-state index contributed by atoms with van der Waals surface area (Å²) in [5.74, 6) is 0.670. The number of hydrogen-bond donors (Lipinski definition) is 4. The van der Waals surface area contributed by atoms with Crippen LogP contribution in [-0.2, 0) is 4.74 Å². The monoisotopic (exact) mass is 370 g/mol. The Morgan fingerprint density at radius 3 is 2.65 bits per heavy atom. The normalized spacial score (nSPS) is 12.0. The summed E-state index contributed by atoms with van der Waals surface area (Å²) in [4.78, 5) is 0. The van der Waals surface area contributed by atoms with Crippen LogP contribution in [-0.4, -0.2) is 13.3 Å². The average molecular weight is 371 g/mol. The first-order valence-electron chi connectivity index (χ1n) is 8.17. The molecule has 0 saturated carbocycles. The third-order valence-corrected chi connectivity index (χ3v) is 4.15. The molecule has 6 heteroatoms. The first kappa shape index (κ1) is 19.4. The Morgan fingerprint density at radius 2 is 2.04 bits per heavy atom. The molecule has 0 radical (unpaired) electrons. The van der Waals surface area contributed by atoms with Gasteiger partial charge in [0.15, 0.2) is 0 Å². The molecule has 0 saturated heterocycles. The number of nitrogens with two attached hydrogens (primary N) is 2. The van der Waals surface area contributed by atoms with Crippen LogP contribution in [0, 0.1) is 5.41 Å². The summed E-state index contributed by atoms with van der Waals surface area (Å²) < 4.78 is 5.54. The lowest BCUT2D eigenvalue weighted by Gasteiger charge is -2.14. The van der Waals surface area contributed by atoms with E-state index in [4.69, 9.17) is 33.2 Å². The molecule has 6 N–H and O–H groups in total. The molecular weight excluding hydrogens is 348 g/mol. The Hall–Kier alpha value is -2.92. The van der Waals surface area contributed by atoms with Gasteiger partial charge in [0, 0.05) is 40.5 Å². The minimum atomic E-state index is 0.401. The summed E-state index contributed by atoms with van der Waals surface area (Å²) in [7, 11) is 1.61. The fourth-order valence-electron chi connectivity index (χ4n) is 2.47. The Balaban J connectivity index is 2.41. The minimum Gasteiger partial charge on any atom is -0.496 e. The molecule has 0 aromatic heterocycles. The van der Waals surface area contributed by atoms with E-state index >= 15 is 0 Å². The van der Waals surface area contributed by atoms with Crippen molar-refractivity contribution in [2.24, 2.45) is 0 Å². The summed E-state index contributed by atoms with van der Waals surface area (Å²) in [6, 6.07) is 11.0. The molecule has 26 heavy (non-hydrogen) atoms. The van der Waals surface area contributed by atoms with Crippen molar-refractivity contribution in [3.8, 4) is 0 Å². The summed E-state index contributed by atoms with van der Waals surface area (Å²) in [6.07, 6.45) is 5.86. The van der Waals surface area contributed by atoms with Gasteiger partial charge in [-0.2, -0.15) is 0 Å². The molecule has 136 valence electrons. The van der Waals surface area contributed by atoms with Gasteiger partial charge in [-0.1, -0.05) is 36.7 Å². The van der Waals surface area contributed by atoms with Gasteiger partial charge in [-0.25, -0.2) is 0 Å². The zero-order chi connectivity index (χ0) is 19.1. The fourth-order valence-corrected chi connectivity index (χ4v) is 2.74. The number of nitrogen functional groups attached to an aromatic ring is 2. The topological polar surface area (TPSA) is 97.2 Å². The van der Waals surface area contributed by atoms with Gasteiger partial charge in [-0.3, -0.25) is 0 Å². The molecule has 0 heterocycles. The van der Waals surface area contributed by atoms with Gasteiger partial charge in [0.2, 0.25) is 0 Å². The van der Waals surface area contributed by atoms with E-state index in [1.54, 1.807) is 19.2 Å². The number of methoxy groups -OCH3 is 1. The third kappa shape index (κ3) is 4.58. The predicted octanol–water partition coefficient (Wildman–Crippen LogP) is 4.90. The summed E-state index contributed by atoms with van der Waals surface area (Å²) in [5, 5.41) is 11.2. The van der Waals surface area contributed by atoms with Gasteiger partial charge in [0.1, 0.15) is 5.76 Å². The predicted molar refractivity (Wildman–Crippen MR) is 112 cm³/mol. The number of nitrogens with one attached hydrogen (secondary N) is 2. The summed E-state index contributed by atoms with van der Waals surface area (Å²) in [5.41, 5.74) is 15.7. The highest BCUT2D eigenvalue weighted by atomic mass is 35.5. The Kier molecular flexibility index (Phi) is 6.69. The van der Waals surface area contributed by atoms with Crippen LogP contribution in [0.2, 0.25) is 5.02 Å². The molecule has 0 aliphatic carbocycles. The smallest absolute Gasteiger partial charge is 0.128 e. The number of halogens is 1. The molecule has 0 spiro atoms. The second-order valence-corrected chi connectivity index (χ2v) is 5.98. The molecule has 0 amide bonds. The SMILES string of the molecule is CC/C=C(/C=C(\OC)c1cccc(N)c1)Nc1ccc(N)c(C=N)c1Cl. The second-order valence-electron chi connectivity index (χ2n) is 5.61. The molecule has 0 bridgehead atoms. The third-order valence-electron chi connectivity index (χ3n) is 3.74. The summed E-state index contributed by atoms with van der Waals surface area (Å²) in [6.45, 7) is 2.04. The summed E-state index contributed by atoms with van der Waals surface area (Å²) >= 11 is 6.38. The lowest BCUT2D eigenvalue weighted by atomic mass is 10.1. The highest BCUT2D eigenvalue weighted by Crippen LogP contribution is 2.31. The lowest BCUT2D eigenvalue weighted by molar-refractivity contribution is 0.370. The molecule has 0 fully saturated rings. The highest BCUT2D eigenvalue weighted by molar-refractivity contribution is 6.36. The van der Waals surface area contributed by atoms with Crippen molar-refractivity contribution in [3.05, 3.63) is 70.4 Å². The fraction of sp³-hybridized carbons (Fsp3) is 0.150. The number of rotatable bonds is 7. The van der Waals surface area contributed by atoms with E-state index in [1.807, 2.05) is 43.3 Å². The second kappa shape index (κ2) is 8.97. The molecular formula is C20H23ClN4O. The molecule has 2 aromatic carbocycles. The van der Waals surface area contributed by atoms with Crippen LogP contribution in [0.5, 0.6) is 0 Å². The van der Waals surface area contributed by atoms with Crippen LogP contribution in [0.4, 0.5) is 17.1 Å². The van der Waals surface area contributed by atoms with Crippen LogP contribution in [0.25, 0.3) is 5.76 Å². The zero-order valence-corrected chi connectivity index (χ0v) is 15.6. The van der Waals surface area contributed by atoms with Crippen LogP contribution in [0.1, 0.15) is 24.5 Å². The van der Waals surface area contributed by atoms with E-state index < -0.39 is 0 Å². The van der Waals surface area contributed by atoms with Gasteiger partial charge in [0.25, 0.3) is 0 Å². The van der Waals surface area contributed by atoms with Crippen molar-refractivity contribution in [1.82, 2.24) is 0 Å². The van der Waals surface area contributed by atoms with Gasteiger partial charge < -0.3 is 26.9 Å². The van der Waals surface area contributed by atoms with Gasteiger partial charge in [-0.15, -0.1) is 0 Å². The molecule has 0 aliphatic rings. The Bertz CT molecular complexity index is 859. The maximum absolute atomic E-state index is 7.49. The Morgan fingerprint density at radius 1 is 1.27 bits per heavy atom. The van der Waals surface area contributed by atoms with Crippen molar-refractivity contribution < 1.29 is 4.74 Å². The number of anilines is 3. The highest BCUT2D eigenvalue weighted by Gasteiger charge is 2.10. The largest absolute Gasteiger partial charge is 0.496 e. The van der Waals surface area contributed by atoms with E-state index in [9.17, 15) is 0 Å². The minimum absolute atomic E-state index is 0.401. The number of benzene rings is 2. The first-order valence-corrected chi connectivity index (χ1v) is 8.55. The Labute approximate surface area is 158 Å². The van der Waals surface area contributed by atoms with Crippen LogP contribution >= 0.6 is 11.6 Å². The van der Waals surface area contributed by atoms with Crippen LogP contribution in [0.3, 0.4) is 0 Å². The van der Waals surface area contributed by atoms with E-state index in [0.29, 0.717) is 33.4 Å².